The molecule has 0 spiro atoms. The van der Waals surface area contributed by atoms with Crippen LogP contribution >= 0.6 is 15.9 Å². The molecule has 0 saturated carbocycles. The SMILES string of the molecule is COC(=O)[C@@H]1CC2c3cc(Br)ccc3N(C(C)=O)C2N1C(=O)OC. The number of carbonyl (C=O) groups excluding carboxylic acids is 3. The van der Waals surface area contributed by atoms with Crippen molar-refractivity contribution in [3.05, 3.63) is 28.2 Å². The van der Waals surface area contributed by atoms with E-state index in [0.717, 1.165) is 15.7 Å². The molecule has 2 aliphatic rings. The van der Waals surface area contributed by atoms with Crippen LogP contribution in [0.2, 0.25) is 0 Å². The van der Waals surface area contributed by atoms with Crippen LogP contribution in [0, 0.1) is 0 Å². The number of esters is 1. The van der Waals surface area contributed by atoms with Crippen LogP contribution in [-0.4, -0.2) is 49.3 Å². The highest BCUT2D eigenvalue weighted by molar-refractivity contribution is 9.10. The van der Waals surface area contributed by atoms with Crippen LogP contribution in [0.25, 0.3) is 0 Å². The fourth-order valence-corrected chi connectivity index (χ4v) is 4.05. The van der Waals surface area contributed by atoms with Gasteiger partial charge in [0.05, 0.1) is 14.2 Å². The Morgan fingerprint density at radius 1 is 1.21 bits per heavy atom. The number of rotatable bonds is 1. The van der Waals surface area contributed by atoms with Crippen LogP contribution in [0.4, 0.5) is 10.5 Å². The number of ether oxygens (including phenoxy) is 2. The topological polar surface area (TPSA) is 76.2 Å². The zero-order chi connectivity index (χ0) is 17.6. The zero-order valence-electron chi connectivity index (χ0n) is 13.5. The Hall–Kier alpha value is -2.09. The van der Waals surface area contributed by atoms with Gasteiger partial charge in [0, 0.05) is 23.0 Å². The molecule has 1 aromatic rings. The maximum atomic E-state index is 12.3. The van der Waals surface area contributed by atoms with Gasteiger partial charge in [-0.2, -0.15) is 0 Å². The number of amides is 2. The van der Waals surface area contributed by atoms with Crippen LogP contribution < -0.4 is 4.90 Å². The second-order valence-electron chi connectivity index (χ2n) is 5.76. The lowest BCUT2D eigenvalue weighted by Gasteiger charge is -2.33. The highest BCUT2D eigenvalue weighted by atomic mass is 79.9. The Labute approximate surface area is 147 Å². The molecule has 2 unspecified atom stereocenters. The van der Waals surface area contributed by atoms with Gasteiger partial charge in [-0.3, -0.25) is 14.6 Å². The van der Waals surface area contributed by atoms with Crippen LogP contribution in [0.15, 0.2) is 22.7 Å². The third-order valence-electron chi connectivity index (χ3n) is 4.57. The van der Waals surface area contributed by atoms with Crippen LogP contribution in [0.3, 0.4) is 0 Å². The fraction of sp³-hybridized carbons (Fsp3) is 0.438. The highest BCUT2D eigenvalue weighted by Crippen LogP contribution is 2.50. The van der Waals surface area contributed by atoms with Crippen LogP contribution in [-0.2, 0) is 19.1 Å². The third kappa shape index (κ3) is 2.36. The van der Waals surface area contributed by atoms with Gasteiger partial charge in [-0.25, -0.2) is 9.59 Å². The van der Waals surface area contributed by atoms with E-state index in [2.05, 4.69) is 15.9 Å². The summed E-state index contributed by atoms with van der Waals surface area (Å²) in [6.07, 6.45) is -0.876. The molecule has 0 bridgehead atoms. The number of hydrogen-bond acceptors (Lipinski definition) is 5. The molecule has 1 aromatic carbocycles. The molecule has 3 atom stereocenters. The first kappa shape index (κ1) is 16.8. The molecule has 0 N–H and O–H groups in total. The number of likely N-dealkylation sites (tertiary alicyclic amines) is 1. The Morgan fingerprint density at radius 3 is 2.50 bits per heavy atom. The molecule has 3 rings (SSSR count). The predicted molar refractivity (Wildman–Crippen MR) is 88.5 cm³/mol. The molecule has 1 saturated heterocycles. The summed E-state index contributed by atoms with van der Waals surface area (Å²) in [7, 11) is 2.53. The summed E-state index contributed by atoms with van der Waals surface area (Å²) >= 11 is 3.43. The Bertz CT molecular complexity index is 722. The molecule has 128 valence electrons. The first-order valence-electron chi connectivity index (χ1n) is 7.44. The maximum absolute atomic E-state index is 12.3. The average molecular weight is 397 g/mol. The Morgan fingerprint density at radius 2 is 1.92 bits per heavy atom. The fourth-order valence-electron chi connectivity index (χ4n) is 3.67. The van der Waals surface area contributed by atoms with Crippen molar-refractivity contribution in [1.82, 2.24) is 4.90 Å². The quantitative estimate of drug-likeness (QED) is 0.680. The number of anilines is 1. The van der Waals surface area contributed by atoms with Crippen molar-refractivity contribution in [1.29, 1.82) is 0 Å². The number of benzene rings is 1. The number of carbonyl (C=O) groups is 3. The number of hydrogen-bond donors (Lipinski definition) is 0. The second-order valence-corrected chi connectivity index (χ2v) is 6.68. The van der Waals surface area contributed by atoms with E-state index in [1.807, 2.05) is 18.2 Å². The van der Waals surface area contributed by atoms with E-state index in [-0.39, 0.29) is 11.8 Å². The van der Waals surface area contributed by atoms with Gasteiger partial charge in [-0.15, -0.1) is 0 Å². The van der Waals surface area contributed by atoms with Gasteiger partial charge in [0.25, 0.3) is 0 Å². The lowest BCUT2D eigenvalue weighted by atomic mass is 9.96. The minimum Gasteiger partial charge on any atom is -0.467 e. The van der Waals surface area contributed by atoms with Gasteiger partial charge in [0.15, 0.2) is 0 Å². The molecule has 8 heteroatoms. The number of halogens is 1. The first-order chi connectivity index (χ1) is 11.4. The van der Waals surface area contributed by atoms with Gasteiger partial charge in [-0.05, 0) is 30.2 Å². The summed E-state index contributed by atoms with van der Waals surface area (Å²) in [6.45, 7) is 1.44. The van der Waals surface area contributed by atoms with Gasteiger partial charge in [-0.1, -0.05) is 15.9 Å². The summed E-state index contributed by atoms with van der Waals surface area (Å²) in [5.74, 6) is -0.898. The first-order valence-corrected chi connectivity index (χ1v) is 8.23. The smallest absolute Gasteiger partial charge is 0.411 e. The van der Waals surface area contributed by atoms with Gasteiger partial charge >= 0.3 is 12.1 Å². The minimum atomic E-state index is -0.786. The summed E-state index contributed by atoms with van der Waals surface area (Å²) < 4.78 is 10.6. The molecular formula is C16H17BrN2O5. The normalized spacial score (nSPS) is 24.4. The number of methoxy groups -OCH3 is 2. The van der Waals surface area contributed by atoms with E-state index in [4.69, 9.17) is 9.47 Å². The Kier molecular flexibility index (Phi) is 4.25. The summed E-state index contributed by atoms with van der Waals surface area (Å²) in [5, 5.41) is 0. The van der Waals surface area contributed by atoms with E-state index >= 15 is 0 Å². The predicted octanol–water partition coefficient (Wildman–Crippen LogP) is 2.24. The summed E-state index contributed by atoms with van der Waals surface area (Å²) in [5.41, 5.74) is 1.67. The third-order valence-corrected chi connectivity index (χ3v) is 5.06. The van der Waals surface area contributed by atoms with Gasteiger partial charge in [0.1, 0.15) is 12.2 Å². The standard InChI is InChI=1S/C16H17BrN2O5/c1-8(20)18-12-5-4-9(17)6-10(12)11-7-13(15(21)23-2)19(14(11)18)16(22)24-3/h4-6,11,13-14H,7H2,1-3H3/t11?,13-,14?/m0/s1. The number of fused-ring (bicyclic) bond motifs is 3. The molecule has 0 radical (unpaired) electrons. The molecule has 0 aliphatic carbocycles. The van der Waals surface area contributed by atoms with Crippen molar-refractivity contribution in [3.8, 4) is 0 Å². The van der Waals surface area contributed by atoms with Gasteiger partial charge in [0.2, 0.25) is 5.91 Å². The zero-order valence-corrected chi connectivity index (χ0v) is 15.1. The van der Waals surface area contributed by atoms with Crippen molar-refractivity contribution in [3.63, 3.8) is 0 Å². The molecule has 2 amide bonds. The molecule has 2 aliphatic heterocycles. The van der Waals surface area contributed by atoms with E-state index in [0.29, 0.717) is 6.42 Å². The number of nitrogens with zero attached hydrogens (tertiary/aromatic N) is 2. The van der Waals surface area contributed by atoms with Crippen molar-refractivity contribution < 1.29 is 23.9 Å². The van der Waals surface area contributed by atoms with Gasteiger partial charge < -0.3 is 9.47 Å². The van der Waals surface area contributed by atoms with E-state index < -0.39 is 24.3 Å². The second kappa shape index (κ2) is 6.08. The molecular weight excluding hydrogens is 380 g/mol. The minimum absolute atomic E-state index is 0.176. The molecule has 24 heavy (non-hydrogen) atoms. The van der Waals surface area contributed by atoms with Crippen LogP contribution in [0.1, 0.15) is 24.8 Å². The van der Waals surface area contributed by atoms with Crippen molar-refractivity contribution in [2.75, 3.05) is 19.1 Å². The average Bonchev–Trinajstić information content (AvgIpc) is 3.07. The van der Waals surface area contributed by atoms with Crippen LogP contribution in [0.5, 0.6) is 0 Å². The van der Waals surface area contributed by atoms with Crippen molar-refractivity contribution in [2.45, 2.75) is 31.5 Å². The van der Waals surface area contributed by atoms with E-state index in [1.54, 1.807) is 4.90 Å². The molecule has 0 aromatic heterocycles. The van der Waals surface area contributed by atoms with Crippen molar-refractivity contribution >= 4 is 39.6 Å². The van der Waals surface area contributed by atoms with E-state index in [1.165, 1.54) is 26.0 Å². The maximum Gasteiger partial charge on any atom is 0.411 e. The lowest BCUT2D eigenvalue weighted by molar-refractivity contribution is -0.146. The van der Waals surface area contributed by atoms with E-state index in [9.17, 15) is 14.4 Å². The summed E-state index contributed by atoms with van der Waals surface area (Å²) in [4.78, 5) is 39.6. The molecule has 2 heterocycles. The lowest BCUT2D eigenvalue weighted by Crippen LogP contribution is -2.53. The van der Waals surface area contributed by atoms with Crippen molar-refractivity contribution in [2.24, 2.45) is 0 Å². The molecule has 1 fully saturated rings. The summed E-state index contributed by atoms with van der Waals surface area (Å²) in [6, 6.07) is 4.81. The highest BCUT2D eigenvalue weighted by Gasteiger charge is 2.56. The monoisotopic (exact) mass is 396 g/mol. The largest absolute Gasteiger partial charge is 0.467 e. The molecule has 7 nitrogen and oxygen atoms in total. The Balaban J connectivity index is 2.13.